The van der Waals surface area contributed by atoms with Crippen LogP contribution in [0.15, 0.2) is 0 Å². The van der Waals surface area contributed by atoms with Gasteiger partial charge in [-0.05, 0) is 39.5 Å². The molecule has 3 heteroatoms. The fraction of sp³-hybridized carbons (Fsp3) is 0.909. The molecular weight excluding hydrogens is 178 g/mol. The van der Waals surface area contributed by atoms with Crippen molar-refractivity contribution in [3.63, 3.8) is 0 Å². The highest BCUT2D eigenvalue weighted by Gasteiger charge is 2.27. The molecule has 0 bridgehead atoms. The summed E-state index contributed by atoms with van der Waals surface area (Å²) >= 11 is 0. The molecule has 0 radical (unpaired) electrons. The molecule has 1 fully saturated rings. The normalized spacial score (nSPS) is 27.8. The van der Waals surface area contributed by atoms with Crippen LogP contribution < -0.4 is 0 Å². The van der Waals surface area contributed by atoms with Crippen molar-refractivity contribution in [2.75, 3.05) is 0 Å². The van der Waals surface area contributed by atoms with Crippen LogP contribution in [0.4, 0.5) is 0 Å². The highest BCUT2D eigenvalue weighted by molar-refractivity contribution is 5.73. The van der Waals surface area contributed by atoms with Crippen LogP contribution >= 0.6 is 0 Å². The second kappa shape index (κ2) is 4.78. The van der Waals surface area contributed by atoms with Gasteiger partial charge in [0.1, 0.15) is 0 Å². The van der Waals surface area contributed by atoms with Gasteiger partial charge in [0.05, 0.1) is 6.10 Å². The zero-order chi connectivity index (χ0) is 10.7. The molecule has 82 valence electrons. The van der Waals surface area contributed by atoms with Crippen LogP contribution in [0.25, 0.3) is 0 Å². The molecule has 1 aliphatic carbocycles. The Morgan fingerprint density at radius 3 is 2.14 bits per heavy atom. The predicted molar refractivity (Wildman–Crippen MR) is 55.9 cm³/mol. The number of amides is 1. The molecule has 0 heterocycles. The lowest BCUT2D eigenvalue weighted by Gasteiger charge is -2.37. The minimum Gasteiger partial charge on any atom is -0.393 e. The van der Waals surface area contributed by atoms with Gasteiger partial charge in [0.2, 0.25) is 5.91 Å². The smallest absolute Gasteiger partial charge is 0.219 e. The molecule has 14 heavy (non-hydrogen) atoms. The molecule has 0 saturated heterocycles. The van der Waals surface area contributed by atoms with E-state index in [1.54, 1.807) is 6.92 Å². The molecule has 1 amide bonds. The maximum Gasteiger partial charge on any atom is 0.219 e. The van der Waals surface area contributed by atoms with Crippen molar-refractivity contribution in [1.82, 2.24) is 4.90 Å². The molecule has 1 aliphatic rings. The number of carbonyl (C=O) groups excluding carboxylic acids is 1. The number of rotatable bonds is 2. The fourth-order valence-corrected chi connectivity index (χ4v) is 2.38. The Kier molecular flexibility index (Phi) is 3.93. The second-order valence-electron chi connectivity index (χ2n) is 4.48. The number of carbonyl (C=O) groups is 1. The molecule has 0 aromatic heterocycles. The lowest BCUT2D eigenvalue weighted by atomic mass is 9.91. The third-order valence-corrected chi connectivity index (χ3v) is 2.98. The van der Waals surface area contributed by atoms with Gasteiger partial charge in [0.15, 0.2) is 0 Å². The summed E-state index contributed by atoms with van der Waals surface area (Å²) in [6.07, 6.45) is 3.41. The number of aliphatic hydroxyl groups is 1. The number of aliphatic hydroxyl groups excluding tert-OH is 1. The summed E-state index contributed by atoms with van der Waals surface area (Å²) < 4.78 is 0. The van der Waals surface area contributed by atoms with Crippen LogP contribution in [0.5, 0.6) is 0 Å². The molecule has 1 rings (SSSR count). The Bertz CT molecular complexity index is 195. The maximum absolute atomic E-state index is 11.4. The van der Waals surface area contributed by atoms with Crippen molar-refractivity contribution in [3.05, 3.63) is 0 Å². The Labute approximate surface area is 86.1 Å². The molecule has 1 saturated carbocycles. The Balaban J connectivity index is 2.56. The molecule has 0 spiro atoms. The molecule has 0 aromatic carbocycles. The Morgan fingerprint density at radius 2 is 1.79 bits per heavy atom. The highest BCUT2D eigenvalue weighted by Crippen LogP contribution is 2.24. The number of hydrogen-bond donors (Lipinski definition) is 1. The molecule has 3 nitrogen and oxygen atoms in total. The van der Waals surface area contributed by atoms with E-state index in [4.69, 9.17) is 0 Å². The molecule has 0 aromatic rings. The van der Waals surface area contributed by atoms with E-state index >= 15 is 0 Å². The van der Waals surface area contributed by atoms with Crippen molar-refractivity contribution in [1.29, 1.82) is 0 Å². The summed E-state index contributed by atoms with van der Waals surface area (Å²) in [5, 5.41) is 9.38. The first kappa shape index (κ1) is 11.5. The zero-order valence-electron chi connectivity index (χ0n) is 9.36. The SMILES string of the molecule is CC(=O)N(C(C)C)C1CCC(O)CC1. The van der Waals surface area contributed by atoms with E-state index in [0.29, 0.717) is 6.04 Å². The molecule has 1 N–H and O–H groups in total. The average molecular weight is 199 g/mol. The van der Waals surface area contributed by atoms with Crippen LogP contribution in [-0.2, 0) is 4.79 Å². The van der Waals surface area contributed by atoms with E-state index in [1.165, 1.54) is 0 Å². The first-order chi connectivity index (χ1) is 6.52. The average Bonchev–Trinajstić information content (AvgIpc) is 2.07. The van der Waals surface area contributed by atoms with E-state index in [0.717, 1.165) is 25.7 Å². The van der Waals surface area contributed by atoms with Gasteiger partial charge in [0, 0.05) is 19.0 Å². The summed E-state index contributed by atoms with van der Waals surface area (Å²) in [5.41, 5.74) is 0. The van der Waals surface area contributed by atoms with Gasteiger partial charge in [-0.3, -0.25) is 4.79 Å². The zero-order valence-corrected chi connectivity index (χ0v) is 9.36. The van der Waals surface area contributed by atoms with E-state index in [2.05, 4.69) is 0 Å². The summed E-state index contributed by atoms with van der Waals surface area (Å²) in [5.74, 6) is 0.154. The van der Waals surface area contributed by atoms with Crippen LogP contribution in [0, 0.1) is 0 Å². The van der Waals surface area contributed by atoms with Gasteiger partial charge in [-0.25, -0.2) is 0 Å². The van der Waals surface area contributed by atoms with Crippen LogP contribution in [0.1, 0.15) is 46.5 Å². The highest BCUT2D eigenvalue weighted by atomic mass is 16.3. The van der Waals surface area contributed by atoms with E-state index < -0.39 is 0 Å². The van der Waals surface area contributed by atoms with E-state index in [9.17, 15) is 9.90 Å². The standard InChI is InChI=1S/C11H21NO2/c1-8(2)12(9(3)13)10-4-6-11(14)7-5-10/h8,10-11,14H,4-7H2,1-3H3. The Hall–Kier alpha value is -0.570. The minimum absolute atomic E-state index is 0.146. The van der Waals surface area contributed by atoms with E-state index in [-0.39, 0.29) is 18.1 Å². The largest absolute Gasteiger partial charge is 0.393 e. The lowest BCUT2D eigenvalue weighted by molar-refractivity contribution is -0.134. The van der Waals surface area contributed by atoms with Crippen molar-refractivity contribution >= 4 is 5.91 Å². The second-order valence-corrected chi connectivity index (χ2v) is 4.48. The summed E-state index contributed by atoms with van der Waals surface area (Å²) in [6.45, 7) is 5.73. The molecule has 0 unspecified atom stereocenters. The van der Waals surface area contributed by atoms with Gasteiger partial charge < -0.3 is 10.0 Å². The molecular formula is C11H21NO2. The first-order valence-electron chi connectivity index (χ1n) is 5.49. The number of nitrogens with zero attached hydrogens (tertiary/aromatic N) is 1. The Morgan fingerprint density at radius 1 is 1.29 bits per heavy atom. The van der Waals surface area contributed by atoms with Crippen molar-refractivity contribution in [2.45, 2.75) is 64.6 Å². The molecule has 0 atom stereocenters. The lowest BCUT2D eigenvalue weighted by Crippen LogP contribution is -2.45. The third-order valence-electron chi connectivity index (χ3n) is 2.98. The van der Waals surface area contributed by atoms with Gasteiger partial charge in [-0.1, -0.05) is 0 Å². The quantitative estimate of drug-likeness (QED) is 0.733. The summed E-state index contributed by atoms with van der Waals surface area (Å²) in [7, 11) is 0. The van der Waals surface area contributed by atoms with Crippen molar-refractivity contribution < 1.29 is 9.90 Å². The predicted octanol–water partition coefficient (Wildman–Crippen LogP) is 1.55. The van der Waals surface area contributed by atoms with Crippen LogP contribution in [0.3, 0.4) is 0 Å². The number of hydrogen-bond acceptors (Lipinski definition) is 2. The van der Waals surface area contributed by atoms with Gasteiger partial charge in [-0.2, -0.15) is 0 Å². The van der Waals surface area contributed by atoms with Crippen molar-refractivity contribution in [2.24, 2.45) is 0 Å². The topological polar surface area (TPSA) is 40.5 Å². The fourth-order valence-electron chi connectivity index (χ4n) is 2.38. The maximum atomic E-state index is 11.4. The van der Waals surface area contributed by atoms with Crippen LogP contribution in [0.2, 0.25) is 0 Å². The summed E-state index contributed by atoms with van der Waals surface area (Å²) in [4.78, 5) is 13.4. The van der Waals surface area contributed by atoms with Gasteiger partial charge >= 0.3 is 0 Å². The molecule has 0 aliphatic heterocycles. The minimum atomic E-state index is -0.146. The van der Waals surface area contributed by atoms with Crippen molar-refractivity contribution in [3.8, 4) is 0 Å². The van der Waals surface area contributed by atoms with Gasteiger partial charge in [0.25, 0.3) is 0 Å². The monoisotopic (exact) mass is 199 g/mol. The first-order valence-corrected chi connectivity index (χ1v) is 5.49. The van der Waals surface area contributed by atoms with Crippen LogP contribution in [-0.4, -0.2) is 34.1 Å². The van der Waals surface area contributed by atoms with E-state index in [1.807, 2.05) is 18.7 Å². The third kappa shape index (κ3) is 2.71. The summed E-state index contributed by atoms with van der Waals surface area (Å²) in [6, 6.07) is 0.614. The van der Waals surface area contributed by atoms with Gasteiger partial charge in [-0.15, -0.1) is 0 Å².